The third-order valence-electron chi connectivity index (χ3n) is 3.00. The Morgan fingerprint density at radius 2 is 2.41 bits per heavy atom. The number of nitrogens with two attached hydrogens (primary N) is 1. The minimum Gasteiger partial charge on any atom is -0.378 e. The summed E-state index contributed by atoms with van der Waals surface area (Å²) in [5.41, 5.74) is 6.53. The van der Waals surface area contributed by atoms with E-state index in [1.807, 2.05) is 13.1 Å². The number of nitrogens with zero attached hydrogens (tertiary/aromatic N) is 3. The predicted molar refractivity (Wildman–Crippen MR) is 66.8 cm³/mol. The molecule has 6 nitrogen and oxygen atoms in total. The largest absolute Gasteiger partial charge is 0.378 e. The van der Waals surface area contributed by atoms with Crippen LogP contribution in [-0.2, 0) is 11.3 Å². The third-order valence-corrected chi connectivity index (χ3v) is 3.00. The van der Waals surface area contributed by atoms with Crippen molar-refractivity contribution in [1.82, 2.24) is 15.3 Å². The SMILES string of the molecule is CN[C@H]1CCN(c2cc(COC)nc(N)n2)C1. The molecule has 1 atom stereocenters. The van der Waals surface area contributed by atoms with Gasteiger partial charge in [-0.1, -0.05) is 0 Å². The Hall–Kier alpha value is -1.40. The van der Waals surface area contributed by atoms with Crippen LogP contribution in [0.5, 0.6) is 0 Å². The second-order valence-electron chi connectivity index (χ2n) is 4.23. The number of hydrogen-bond donors (Lipinski definition) is 2. The van der Waals surface area contributed by atoms with Crippen molar-refractivity contribution in [3.05, 3.63) is 11.8 Å². The van der Waals surface area contributed by atoms with Crippen molar-refractivity contribution in [1.29, 1.82) is 0 Å². The van der Waals surface area contributed by atoms with Gasteiger partial charge in [-0.3, -0.25) is 0 Å². The van der Waals surface area contributed by atoms with E-state index in [4.69, 9.17) is 10.5 Å². The topological polar surface area (TPSA) is 76.3 Å². The summed E-state index contributed by atoms with van der Waals surface area (Å²) in [5, 5.41) is 3.28. The lowest BCUT2D eigenvalue weighted by Gasteiger charge is -2.18. The van der Waals surface area contributed by atoms with E-state index in [0.717, 1.165) is 31.0 Å². The Labute approximate surface area is 101 Å². The first kappa shape index (κ1) is 12.1. The highest BCUT2D eigenvalue weighted by Crippen LogP contribution is 2.19. The van der Waals surface area contributed by atoms with Crippen LogP contribution in [0.1, 0.15) is 12.1 Å². The van der Waals surface area contributed by atoms with Crippen molar-refractivity contribution in [2.24, 2.45) is 0 Å². The first-order valence-electron chi connectivity index (χ1n) is 5.77. The lowest BCUT2D eigenvalue weighted by atomic mass is 10.3. The Morgan fingerprint density at radius 3 is 3.06 bits per heavy atom. The Bertz CT molecular complexity index is 384. The number of rotatable bonds is 4. The zero-order chi connectivity index (χ0) is 12.3. The molecule has 0 saturated carbocycles. The highest BCUT2D eigenvalue weighted by Gasteiger charge is 2.22. The Kier molecular flexibility index (Phi) is 3.75. The van der Waals surface area contributed by atoms with Crippen LogP contribution in [-0.4, -0.2) is 43.3 Å². The van der Waals surface area contributed by atoms with E-state index in [1.165, 1.54) is 0 Å². The smallest absolute Gasteiger partial charge is 0.222 e. The summed E-state index contributed by atoms with van der Waals surface area (Å²) in [6.07, 6.45) is 1.13. The average Bonchev–Trinajstić information content (AvgIpc) is 2.77. The summed E-state index contributed by atoms with van der Waals surface area (Å²) < 4.78 is 5.07. The molecule has 0 bridgehead atoms. The van der Waals surface area contributed by atoms with Gasteiger partial charge in [-0.2, -0.15) is 4.98 Å². The van der Waals surface area contributed by atoms with Crippen molar-refractivity contribution < 1.29 is 4.74 Å². The number of likely N-dealkylation sites (N-methyl/N-ethyl adjacent to an activating group) is 1. The predicted octanol–water partition coefficient (Wildman–Crippen LogP) is 0.00330. The van der Waals surface area contributed by atoms with Crippen molar-refractivity contribution >= 4 is 11.8 Å². The molecular formula is C11H19N5O. The molecule has 0 amide bonds. The van der Waals surface area contributed by atoms with Gasteiger partial charge in [0.1, 0.15) is 5.82 Å². The molecule has 1 aliphatic rings. The van der Waals surface area contributed by atoms with Gasteiger partial charge in [0.2, 0.25) is 5.95 Å². The van der Waals surface area contributed by atoms with Crippen molar-refractivity contribution in [3.8, 4) is 0 Å². The summed E-state index contributed by atoms with van der Waals surface area (Å²) in [6, 6.07) is 2.47. The van der Waals surface area contributed by atoms with Crippen molar-refractivity contribution in [2.75, 3.05) is 37.9 Å². The molecule has 17 heavy (non-hydrogen) atoms. The van der Waals surface area contributed by atoms with Crippen LogP contribution in [0.4, 0.5) is 11.8 Å². The lowest BCUT2D eigenvalue weighted by molar-refractivity contribution is 0.181. The van der Waals surface area contributed by atoms with Gasteiger partial charge < -0.3 is 20.7 Å². The minimum absolute atomic E-state index is 0.308. The van der Waals surface area contributed by atoms with Gasteiger partial charge in [-0.05, 0) is 13.5 Å². The summed E-state index contributed by atoms with van der Waals surface area (Å²) in [7, 11) is 3.63. The highest BCUT2D eigenvalue weighted by atomic mass is 16.5. The molecule has 94 valence electrons. The van der Waals surface area contributed by atoms with Crippen LogP contribution in [0.25, 0.3) is 0 Å². The standard InChI is InChI=1S/C11H19N5O/c1-13-8-3-4-16(6-8)10-5-9(7-17-2)14-11(12)15-10/h5,8,13H,3-4,6-7H2,1-2H3,(H2,12,14,15)/t8-/m0/s1. The van der Waals surface area contributed by atoms with Gasteiger partial charge in [0.15, 0.2) is 0 Å². The fraction of sp³-hybridized carbons (Fsp3) is 0.636. The first-order valence-corrected chi connectivity index (χ1v) is 5.77. The third kappa shape index (κ3) is 2.83. The van der Waals surface area contributed by atoms with E-state index in [-0.39, 0.29) is 0 Å². The number of anilines is 2. The normalized spacial score (nSPS) is 19.9. The van der Waals surface area contributed by atoms with E-state index >= 15 is 0 Å². The maximum Gasteiger partial charge on any atom is 0.222 e. The molecule has 2 heterocycles. The molecule has 2 rings (SSSR count). The molecule has 1 saturated heterocycles. The molecule has 3 N–H and O–H groups in total. The number of nitrogens with one attached hydrogen (secondary N) is 1. The van der Waals surface area contributed by atoms with E-state index in [9.17, 15) is 0 Å². The summed E-state index contributed by atoms with van der Waals surface area (Å²) in [5.74, 6) is 1.20. The van der Waals surface area contributed by atoms with Crippen molar-refractivity contribution in [3.63, 3.8) is 0 Å². The number of hydrogen-bond acceptors (Lipinski definition) is 6. The summed E-state index contributed by atoms with van der Waals surface area (Å²) >= 11 is 0. The fourth-order valence-corrected chi connectivity index (χ4v) is 2.09. The Morgan fingerprint density at radius 1 is 1.59 bits per heavy atom. The zero-order valence-electron chi connectivity index (χ0n) is 10.3. The minimum atomic E-state index is 0.308. The Balaban J connectivity index is 2.15. The molecule has 0 radical (unpaired) electrons. The first-order chi connectivity index (χ1) is 8.22. The number of methoxy groups -OCH3 is 1. The number of aromatic nitrogens is 2. The quantitative estimate of drug-likeness (QED) is 0.768. The van der Waals surface area contributed by atoms with Crippen LogP contribution >= 0.6 is 0 Å². The molecule has 1 fully saturated rings. The fourth-order valence-electron chi connectivity index (χ4n) is 2.09. The molecule has 0 aliphatic carbocycles. The molecule has 0 spiro atoms. The van der Waals surface area contributed by atoms with Crippen molar-refractivity contribution in [2.45, 2.75) is 19.1 Å². The van der Waals surface area contributed by atoms with Gasteiger partial charge in [0.05, 0.1) is 12.3 Å². The average molecular weight is 237 g/mol. The molecular weight excluding hydrogens is 218 g/mol. The molecule has 0 aromatic carbocycles. The van der Waals surface area contributed by atoms with Crippen LogP contribution in [0.3, 0.4) is 0 Å². The maximum atomic E-state index is 5.70. The van der Waals surface area contributed by atoms with Crippen LogP contribution in [0.15, 0.2) is 6.07 Å². The van der Waals surface area contributed by atoms with E-state index in [0.29, 0.717) is 18.6 Å². The molecule has 6 heteroatoms. The highest BCUT2D eigenvalue weighted by molar-refractivity contribution is 5.44. The van der Waals surface area contributed by atoms with Gasteiger partial charge >= 0.3 is 0 Å². The van der Waals surface area contributed by atoms with Gasteiger partial charge in [-0.15, -0.1) is 0 Å². The molecule has 1 aliphatic heterocycles. The number of ether oxygens (including phenoxy) is 1. The van der Waals surface area contributed by atoms with Gasteiger partial charge in [-0.25, -0.2) is 4.98 Å². The summed E-state index contributed by atoms with van der Waals surface area (Å²) in [4.78, 5) is 10.6. The number of nitrogen functional groups attached to an aromatic ring is 1. The monoisotopic (exact) mass is 237 g/mol. The van der Waals surface area contributed by atoms with Gasteiger partial charge in [0, 0.05) is 32.3 Å². The molecule has 0 unspecified atom stereocenters. The van der Waals surface area contributed by atoms with E-state index < -0.39 is 0 Å². The molecule has 1 aromatic heterocycles. The van der Waals surface area contributed by atoms with Crippen LogP contribution in [0, 0.1) is 0 Å². The van der Waals surface area contributed by atoms with Crippen LogP contribution < -0.4 is 16.0 Å². The van der Waals surface area contributed by atoms with Crippen LogP contribution in [0.2, 0.25) is 0 Å². The second-order valence-corrected chi connectivity index (χ2v) is 4.23. The van der Waals surface area contributed by atoms with Gasteiger partial charge in [0.25, 0.3) is 0 Å². The molecule has 1 aromatic rings. The van der Waals surface area contributed by atoms with E-state index in [1.54, 1.807) is 7.11 Å². The second kappa shape index (κ2) is 5.29. The lowest BCUT2D eigenvalue weighted by Crippen LogP contribution is -2.30. The zero-order valence-corrected chi connectivity index (χ0v) is 10.3. The van der Waals surface area contributed by atoms with E-state index in [2.05, 4.69) is 20.2 Å². The maximum absolute atomic E-state index is 5.70. The summed E-state index contributed by atoms with van der Waals surface area (Å²) in [6.45, 7) is 2.41.